The van der Waals surface area contributed by atoms with Gasteiger partial charge in [-0.15, -0.1) is 0 Å². The molecule has 1 aliphatic carbocycles. The van der Waals surface area contributed by atoms with Crippen LogP contribution < -0.4 is 4.90 Å². The van der Waals surface area contributed by atoms with E-state index in [1.54, 1.807) is 6.07 Å². The molecule has 1 heterocycles. The number of hydrogen-bond donors (Lipinski definition) is 0. The van der Waals surface area contributed by atoms with E-state index in [-0.39, 0.29) is 0 Å². The third kappa shape index (κ3) is 1.87. The quantitative estimate of drug-likeness (QED) is 0.764. The standard InChI is InChI=1S/C15H17ClN2/c16-13-5-3-7-15(12(13)10-17)18-9-8-11-4-1-2-6-14(11)18/h3,5,7,11,14H,1-2,4,6,8-9H2. The molecule has 2 unspecified atom stereocenters. The van der Waals surface area contributed by atoms with Gasteiger partial charge >= 0.3 is 0 Å². The maximum atomic E-state index is 9.29. The molecule has 2 atom stereocenters. The summed E-state index contributed by atoms with van der Waals surface area (Å²) in [6.45, 7) is 1.07. The van der Waals surface area contributed by atoms with Gasteiger partial charge in [-0.3, -0.25) is 0 Å². The lowest BCUT2D eigenvalue weighted by atomic mass is 9.85. The molecule has 0 amide bonds. The molecule has 0 bridgehead atoms. The van der Waals surface area contributed by atoms with Crippen molar-refractivity contribution in [3.63, 3.8) is 0 Å². The first-order valence-electron chi connectivity index (χ1n) is 6.76. The highest BCUT2D eigenvalue weighted by Crippen LogP contribution is 2.40. The van der Waals surface area contributed by atoms with Gasteiger partial charge in [0.25, 0.3) is 0 Å². The molecule has 3 rings (SSSR count). The molecule has 18 heavy (non-hydrogen) atoms. The van der Waals surface area contributed by atoms with E-state index >= 15 is 0 Å². The molecule has 1 aliphatic heterocycles. The highest BCUT2D eigenvalue weighted by atomic mass is 35.5. The average Bonchev–Trinajstić information content (AvgIpc) is 2.82. The smallest absolute Gasteiger partial charge is 0.103 e. The molecule has 1 saturated carbocycles. The Balaban J connectivity index is 1.96. The minimum absolute atomic E-state index is 0.578. The van der Waals surface area contributed by atoms with Crippen LogP contribution >= 0.6 is 11.6 Å². The third-order valence-corrected chi connectivity index (χ3v) is 4.74. The van der Waals surface area contributed by atoms with Crippen molar-refractivity contribution in [2.24, 2.45) is 5.92 Å². The molecule has 2 fully saturated rings. The summed E-state index contributed by atoms with van der Waals surface area (Å²) in [5.41, 5.74) is 1.68. The molecule has 3 heteroatoms. The van der Waals surface area contributed by atoms with Gasteiger partial charge in [0.2, 0.25) is 0 Å². The maximum Gasteiger partial charge on any atom is 0.103 e. The van der Waals surface area contributed by atoms with Gasteiger partial charge < -0.3 is 4.90 Å². The second-order valence-corrected chi connectivity index (χ2v) is 5.75. The summed E-state index contributed by atoms with van der Waals surface area (Å²) in [7, 11) is 0. The van der Waals surface area contributed by atoms with E-state index in [2.05, 4.69) is 11.0 Å². The number of anilines is 1. The minimum atomic E-state index is 0.578. The van der Waals surface area contributed by atoms with E-state index in [1.807, 2.05) is 12.1 Å². The van der Waals surface area contributed by atoms with Crippen molar-refractivity contribution in [3.8, 4) is 6.07 Å². The van der Waals surface area contributed by atoms with Gasteiger partial charge in [-0.1, -0.05) is 30.5 Å². The molecular formula is C15H17ClN2. The predicted molar refractivity (Wildman–Crippen MR) is 73.9 cm³/mol. The Hall–Kier alpha value is -1.20. The van der Waals surface area contributed by atoms with Gasteiger partial charge in [-0.25, -0.2) is 0 Å². The first-order valence-corrected chi connectivity index (χ1v) is 7.14. The van der Waals surface area contributed by atoms with E-state index in [0.29, 0.717) is 16.6 Å². The molecule has 0 spiro atoms. The molecule has 1 saturated heterocycles. The second-order valence-electron chi connectivity index (χ2n) is 5.34. The van der Waals surface area contributed by atoms with Crippen molar-refractivity contribution >= 4 is 17.3 Å². The molecule has 0 aromatic heterocycles. The van der Waals surface area contributed by atoms with Crippen LogP contribution in [0.3, 0.4) is 0 Å². The number of rotatable bonds is 1. The lowest BCUT2D eigenvalue weighted by molar-refractivity contribution is 0.342. The number of fused-ring (bicyclic) bond motifs is 1. The molecule has 0 radical (unpaired) electrons. The Labute approximate surface area is 113 Å². The maximum absolute atomic E-state index is 9.29. The van der Waals surface area contributed by atoms with E-state index in [4.69, 9.17) is 11.6 Å². The number of benzene rings is 1. The molecule has 94 valence electrons. The van der Waals surface area contributed by atoms with Crippen molar-refractivity contribution < 1.29 is 0 Å². The van der Waals surface area contributed by atoms with Crippen LogP contribution in [0.2, 0.25) is 5.02 Å². The van der Waals surface area contributed by atoms with Gasteiger partial charge in [0, 0.05) is 12.6 Å². The van der Waals surface area contributed by atoms with E-state index in [9.17, 15) is 5.26 Å². The van der Waals surface area contributed by atoms with Gasteiger partial charge in [0.1, 0.15) is 6.07 Å². The summed E-state index contributed by atoms with van der Waals surface area (Å²) in [6.07, 6.45) is 6.57. The summed E-state index contributed by atoms with van der Waals surface area (Å²) in [5, 5.41) is 9.87. The van der Waals surface area contributed by atoms with Crippen LogP contribution in [0.15, 0.2) is 18.2 Å². The lowest BCUT2D eigenvalue weighted by Gasteiger charge is -2.33. The zero-order chi connectivity index (χ0) is 12.5. The summed E-state index contributed by atoms with van der Waals surface area (Å²) in [6, 6.07) is 8.69. The molecular weight excluding hydrogens is 244 g/mol. The minimum Gasteiger partial charge on any atom is -0.367 e. The van der Waals surface area contributed by atoms with Crippen LogP contribution in [0.25, 0.3) is 0 Å². The molecule has 2 aliphatic rings. The zero-order valence-corrected chi connectivity index (χ0v) is 11.2. The fourth-order valence-corrected chi connectivity index (χ4v) is 3.78. The van der Waals surface area contributed by atoms with Crippen molar-refractivity contribution in [2.75, 3.05) is 11.4 Å². The average molecular weight is 261 g/mol. The largest absolute Gasteiger partial charge is 0.367 e. The third-order valence-electron chi connectivity index (χ3n) is 4.42. The normalized spacial score (nSPS) is 26.8. The monoisotopic (exact) mass is 260 g/mol. The number of nitriles is 1. The highest BCUT2D eigenvalue weighted by Gasteiger charge is 2.36. The highest BCUT2D eigenvalue weighted by molar-refractivity contribution is 6.32. The first kappa shape index (κ1) is 11.9. The van der Waals surface area contributed by atoms with Gasteiger partial charge in [-0.05, 0) is 37.3 Å². The van der Waals surface area contributed by atoms with Crippen LogP contribution in [-0.4, -0.2) is 12.6 Å². The zero-order valence-electron chi connectivity index (χ0n) is 10.4. The summed E-state index contributed by atoms with van der Waals surface area (Å²) in [4.78, 5) is 2.42. The van der Waals surface area contributed by atoms with Crippen LogP contribution in [-0.2, 0) is 0 Å². The number of hydrogen-bond acceptors (Lipinski definition) is 2. The Morgan fingerprint density at radius 2 is 2.06 bits per heavy atom. The summed E-state index contributed by atoms with van der Waals surface area (Å²) in [5.74, 6) is 0.823. The van der Waals surface area contributed by atoms with Crippen molar-refractivity contribution in [2.45, 2.75) is 38.1 Å². The second kappa shape index (κ2) is 4.82. The van der Waals surface area contributed by atoms with E-state index in [1.165, 1.54) is 32.1 Å². The SMILES string of the molecule is N#Cc1c(Cl)cccc1N1CCC2CCCCC21. The van der Waals surface area contributed by atoms with E-state index < -0.39 is 0 Å². The topological polar surface area (TPSA) is 27.0 Å². The predicted octanol–water partition coefficient (Wildman–Crippen LogP) is 3.98. The Kier molecular flexibility index (Phi) is 3.18. The van der Waals surface area contributed by atoms with Gasteiger partial charge in [0.05, 0.1) is 16.3 Å². The summed E-state index contributed by atoms with van der Waals surface area (Å²) >= 11 is 6.13. The van der Waals surface area contributed by atoms with Crippen molar-refractivity contribution in [1.29, 1.82) is 5.26 Å². The number of nitrogens with zero attached hydrogens (tertiary/aromatic N) is 2. The molecule has 2 nitrogen and oxygen atoms in total. The summed E-state index contributed by atoms with van der Waals surface area (Å²) < 4.78 is 0. The van der Waals surface area contributed by atoms with Crippen LogP contribution in [0.5, 0.6) is 0 Å². The fourth-order valence-electron chi connectivity index (χ4n) is 3.57. The van der Waals surface area contributed by atoms with Gasteiger partial charge in [-0.2, -0.15) is 5.26 Å². The molecule has 1 aromatic rings. The Morgan fingerprint density at radius 1 is 1.22 bits per heavy atom. The van der Waals surface area contributed by atoms with Crippen molar-refractivity contribution in [3.05, 3.63) is 28.8 Å². The fraction of sp³-hybridized carbons (Fsp3) is 0.533. The number of halogens is 1. The van der Waals surface area contributed by atoms with Crippen LogP contribution in [0.1, 0.15) is 37.7 Å². The molecule has 1 aromatic carbocycles. The van der Waals surface area contributed by atoms with Crippen LogP contribution in [0, 0.1) is 17.2 Å². The van der Waals surface area contributed by atoms with Crippen molar-refractivity contribution in [1.82, 2.24) is 0 Å². The Bertz CT molecular complexity index is 492. The first-order chi connectivity index (χ1) is 8.81. The van der Waals surface area contributed by atoms with Gasteiger partial charge in [0.15, 0.2) is 0 Å². The Morgan fingerprint density at radius 3 is 2.89 bits per heavy atom. The molecule has 0 N–H and O–H groups in total. The lowest BCUT2D eigenvalue weighted by Crippen LogP contribution is -2.35. The van der Waals surface area contributed by atoms with Crippen LogP contribution in [0.4, 0.5) is 5.69 Å². The van der Waals surface area contributed by atoms with E-state index in [0.717, 1.165) is 18.2 Å².